The van der Waals surface area contributed by atoms with Crippen LogP contribution < -0.4 is 10.5 Å². The number of likely N-dealkylation sites (N-methyl/N-ethyl adjacent to an activating group) is 1. The molecule has 0 aliphatic carbocycles. The van der Waals surface area contributed by atoms with Crippen LogP contribution in [0, 0.1) is 10.1 Å². The van der Waals surface area contributed by atoms with E-state index in [9.17, 15) is 14.9 Å². The van der Waals surface area contributed by atoms with Crippen molar-refractivity contribution in [3.63, 3.8) is 0 Å². The van der Waals surface area contributed by atoms with E-state index in [1.165, 1.54) is 30.2 Å². The molecule has 0 atom stereocenters. The smallest absolute Gasteiger partial charge is 0.273 e. The van der Waals surface area contributed by atoms with E-state index in [1.54, 1.807) is 7.05 Å². The molecule has 7 nitrogen and oxygen atoms in total. The summed E-state index contributed by atoms with van der Waals surface area (Å²) in [6.45, 7) is 0.747. The minimum atomic E-state index is -0.541. The number of nitro groups is 1. The zero-order valence-electron chi connectivity index (χ0n) is 10.3. The molecular formula is C11H15N3O4. The first kappa shape index (κ1) is 13.9. The van der Waals surface area contributed by atoms with Gasteiger partial charge in [-0.1, -0.05) is 0 Å². The van der Waals surface area contributed by atoms with Gasteiger partial charge < -0.3 is 15.4 Å². The van der Waals surface area contributed by atoms with Gasteiger partial charge in [0.2, 0.25) is 0 Å². The van der Waals surface area contributed by atoms with Crippen LogP contribution in [0.2, 0.25) is 0 Å². The lowest BCUT2D eigenvalue weighted by molar-refractivity contribution is -0.384. The summed E-state index contributed by atoms with van der Waals surface area (Å²) in [5, 5.41) is 10.6. The highest BCUT2D eigenvalue weighted by molar-refractivity contribution is 5.97. The fourth-order valence-electron chi connectivity index (χ4n) is 1.47. The van der Waals surface area contributed by atoms with Gasteiger partial charge in [0.1, 0.15) is 5.75 Å². The molecule has 0 bridgehead atoms. The van der Waals surface area contributed by atoms with Gasteiger partial charge in [-0.3, -0.25) is 14.9 Å². The molecule has 0 saturated heterocycles. The van der Waals surface area contributed by atoms with E-state index in [1.807, 2.05) is 0 Å². The van der Waals surface area contributed by atoms with Crippen LogP contribution in [0.5, 0.6) is 5.75 Å². The van der Waals surface area contributed by atoms with Gasteiger partial charge in [0.05, 0.1) is 23.7 Å². The standard InChI is InChI=1S/C11H15N3O4/c1-13(6-5-12)11(15)9-4-3-8(14(16)17)7-10(9)18-2/h3-4,7H,5-6,12H2,1-2H3. The van der Waals surface area contributed by atoms with Crippen molar-refractivity contribution in [1.82, 2.24) is 4.90 Å². The van der Waals surface area contributed by atoms with Crippen LogP contribution in [0.1, 0.15) is 10.4 Å². The molecule has 0 aliphatic rings. The Bertz CT molecular complexity index is 462. The zero-order valence-corrected chi connectivity index (χ0v) is 10.3. The molecule has 0 aliphatic heterocycles. The highest BCUT2D eigenvalue weighted by Crippen LogP contribution is 2.25. The summed E-state index contributed by atoms with van der Waals surface area (Å²) in [6, 6.07) is 3.88. The summed E-state index contributed by atoms with van der Waals surface area (Å²) in [5.41, 5.74) is 5.52. The van der Waals surface area contributed by atoms with Gasteiger partial charge in [-0.25, -0.2) is 0 Å². The van der Waals surface area contributed by atoms with Gasteiger partial charge >= 0.3 is 0 Å². The first-order chi connectivity index (χ1) is 8.51. The molecule has 0 radical (unpaired) electrons. The van der Waals surface area contributed by atoms with Gasteiger partial charge in [-0.15, -0.1) is 0 Å². The number of hydrogen-bond donors (Lipinski definition) is 1. The lowest BCUT2D eigenvalue weighted by atomic mass is 10.1. The summed E-state index contributed by atoms with van der Waals surface area (Å²) in [7, 11) is 2.97. The first-order valence-corrected chi connectivity index (χ1v) is 5.29. The maximum atomic E-state index is 12.0. The molecular weight excluding hydrogens is 238 g/mol. The van der Waals surface area contributed by atoms with E-state index < -0.39 is 4.92 Å². The van der Waals surface area contributed by atoms with E-state index in [-0.39, 0.29) is 22.9 Å². The van der Waals surface area contributed by atoms with Crippen LogP contribution in [-0.2, 0) is 0 Å². The van der Waals surface area contributed by atoms with Crippen LogP contribution in [0.3, 0.4) is 0 Å². The van der Waals surface area contributed by atoms with Crippen molar-refractivity contribution in [2.24, 2.45) is 5.73 Å². The number of rotatable bonds is 5. The molecule has 0 spiro atoms. The number of benzene rings is 1. The maximum Gasteiger partial charge on any atom is 0.273 e. The summed E-state index contributed by atoms with van der Waals surface area (Å²) in [4.78, 5) is 23.5. The Morgan fingerprint density at radius 3 is 2.72 bits per heavy atom. The number of carbonyl (C=O) groups is 1. The first-order valence-electron chi connectivity index (χ1n) is 5.29. The zero-order chi connectivity index (χ0) is 13.7. The highest BCUT2D eigenvalue weighted by atomic mass is 16.6. The second kappa shape index (κ2) is 5.97. The lowest BCUT2D eigenvalue weighted by Crippen LogP contribution is -2.31. The quantitative estimate of drug-likeness (QED) is 0.613. The van der Waals surface area contributed by atoms with Crippen molar-refractivity contribution in [2.45, 2.75) is 0 Å². The fourth-order valence-corrected chi connectivity index (χ4v) is 1.47. The Morgan fingerprint density at radius 2 is 2.22 bits per heavy atom. The van der Waals surface area contributed by atoms with Crippen molar-refractivity contribution >= 4 is 11.6 Å². The molecule has 1 aromatic carbocycles. The molecule has 1 rings (SSSR count). The number of hydrogen-bond acceptors (Lipinski definition) is 5. The van der Waals surface area contributed by atoms with Crippen molar-refractivity contribution in [1.29, 1.82) is 0 Å². The summed E-state index contributed by atoms with van der Waals surface area (Å²) in [5.74, 6) is -0.106. The van der Waals surface area contributed by atoms with Crippen LogP contribution in [0.15, 0.2) is 18.2 Å². The molecule has 0 aromatic heterocycles. The predicted molar refractivity (Wildman–Crippen MR) is 65.7 cm³/mol. The molecule has 2 N–H and O–H groups in total. The second-order valence-electron chi connectivity index (χ2n) is 3.66. The molecule has 0 fully saturated rings. The largest absolute Gasteiger partial charge is 0.496 e. The number of nitrogens with two attached hydrogens (primary N) is 1. The molecule has 0 saturated carbocycles. The molecule has 0 heterocycles. The molecule has 18 heavy (non-hydrogen) atoms. The third kappa shape index (κ3) is 2.95. The minimum Gasteiger partial charge on any atom is -0.496 e. The van der Waals surface area contributed by atoms with Crippen LogP contribution in [0.25, 0.3) is 0 Å². The Labute approximate surface area is 104 Å². The summed E-state index contributed by atoms with van der Waals surface area (Å²) >= 11 is 0. The maximum absolute atomic E-state index is 12.0. The number of nitro benzene ring substituents is 1. The Balaban J connectivity index is 3.09. The van der Waals surface area contributed by atoms with Gasteiger partial charge in [-0.05, 0) is 6.07 Å². The number of methoxy groups -OCH3 is 1. The Kier molecular flexibility index (Phi) is 4.61. The molecule has 0 unspecified atom stereocenters. The third-order valence-electron chi connectivity index (χ3n) is 2.44. The summed E-state index contributed by atoms with van der Waals surface area (Å²) < 4.78 is 5.00. The topological polar surface area (TPSA) is 98.7 Å². The normalized spacial score (nSPS) is 9.94. The van der Waals surface area contributed by atoms with Crippen molar-refractivity contribution in [3.8, 4) is 5.75 Å². The van der Waals surface area contributed by atoms with Crippen molar-refractivity contribution in [2.75, 3.05) is 27.2 Å². The van der Waals surface area contributed by atoms with E-state index in [0.29, 0.717) is 13.1 Å². The number of nitrogens with zero attached hydrogens (tertiary/aromatic N) is 2. The number of amides is 1. The van der Waals surface area contributed by atoms with E-state index in [0.717, 1.165) is 0 Å². The second-order valence-corrected chi connectivity index (χ2v) is 3.66. The van der Waals surface area contributed by atoms with Gasteiger partial charge in [0, 0.05) is 26.2 Å². The number of carbonyl (C=O) groups excluding carboxylic acids is 1. The van der Waals surface area contributed by atoms with E-state index in [2.05, 4.69) is 0 Å². The van der Waals surface area contributed by atoms with Crippen molar-refractivity contribution in [3.05, 3.63) is 33.9 Å². The molecule has 98 valence electrons. The molecule has 1 aromatic rings. The minimum absolute atomic E-state index is 0.120. The van der Waals surface area contributed by atoms with Crippen LogP contribution in [-0.4, -0.2) is 43.0 Å². The van der Waals surface area contributed by atoms with E-state index in [4.69, 9.17) is 10.5 Å². The average Bonchev–Trinajstić information content (AvgIpc) is 2.37. The van der Waals surface area contributed by atoms with Crippen LogP contribution >= 0.6 is 0 Å². The lowest BCUT2D eigenvalue weighted by Gasteiger charge is -2.17. The predicted octanol–water partition coefficient (Wildman–Crippen LogP) is 0.634. The highest BCUT2D eigenvalue weighted by Gasteiger charge is 2.19. The van der Waals surface area contributed by atoms with E-state index >= 15 is 0 Å². The molecule has 1 amide bonds. The monoisotopic (exact) mass is 253 g/mol. The average molecular weight is 253 g/mol. The fraction of sp³-hybridized carbons (Fsp3) is 0.364. The van der Waals surface area contributed by atoms with Gasteiger partial charge in [-0.2, -0.15) is 0 Å². The Hall–Kier alpha value is -2.15. The van der Waals surface area contributed by atoms with Crippen LogP contribution in [0.4, 0.5) is 5.69 Å². The number of ether oxygens (including phenoxy) is 1. The number of non-ortho nitro benzene ring substituents is 1. The third-order valence-corrected chi connectivity index (χ3v) is 2.44. The molecule has 7 heteroatoms. The SMILES string of the molecule is COc1cc([N+](=O)[O-])ccc1C(=O)N(C)CCN. The van der Waals surface area contributed by atoms with Crippen molar-refractivity contribution < 1.29 is 14.5 Å². The van der Waals surface area contributed by atoms with Gasteiger partial charge in [0.15, 0.2) is 0 Å². The van der Waals surface area contributed by atoms with Gasteiger partial charge in [0.25, 0.3) is 11.6 Å². The Morgan fingerprint density at radius 1 is 1.56 bits per heavy atom. The summed E-state index contributed by atoms with van der Waals surface area (Å²) in [6.07, 6.45) is 0.